The van der Waals surface area contributed by atoms with Gasteiger partial charge < -0.3 is 10.2 Å². The molecular formula is C13H21BrN4O. The van der Waals surface area contributed by atoms with E-state index >= 15 is 0 Å². The smallest absolute Gasteiger partial charge is 0.283 e. The summed E-state index contributed by atoms with van der Waals surface area (Å²) in [6.07, 6.45) is 5.21. The van der Waals surface area contributed by atoms with Crippen molar-refractivity contribution in [2.75, 3.05) is 32.5 Å². The van der Waals surface area contributed by atoms with E-state index < -0.39 is 0 Å². The lowest BCUT2D eigenvalue weighted by molar-refractivity contribution is 0.405. The molecule has 2 rings (SSSR count). The maximum atomic E-state index is 12.1. The lowest BCUT2D eigenvalue weighted by Gasteiger charge is -2.12. The topological polar surface area (TPSA) is 50.2 Å². The second kappa shape index (κ2) is 6.52. The lowest BCUT2D eigenvalue weighted by atomic mass is 10.3. The van der Waals surface area contributed by atoms with Crippen LogP contribution < -0.4 is 10.9 Å². The monoisotopic (exact) mass is 328 g/mol. The van der Waals surface area contributed by atoms with Crippen LogP contribution in [-0.2, 0) is 6.54 Å². The molecule has 1 aliphatic carbocycles. The number of hydrogen-bond acceptors (Lipinski definition) is 4. The highest BCUT2D eigenvalue weighted by molar-refractivity contribution is 9.10. The zero-order valence-electron chi connectivity index (χ0n) is 11.5. The van der Waals surface area contributed by atoms with Crippen LogP contribution >= 0.6 is 15.9 Å². The molecule has 106 valence electrons. The van der Waals surface area contributed by atoms with Gasteiger partial charge in [0.15, 0.2) is 0 Å². The van der Waals surface area contributed by atoms with Crippen LogP contribution in [0.1, 0.15) is 19.3 Å². The van der Waals surface area contributed by atoms with Gasteiger partial charge in [0, 0.05) is 13.1 Å². The summed E-state index contributed by atoms with van der Waals surface area (Å²) in [6.45, 7) is 2.61. The fourth-order valence-electron chi connectivity index (χ4n) is 1.88. The van der Waals surface area contributed by atoms with Crippen LogP contribution in [0.5, 0.6) is 0 Å². The van der Waals surface area contributed by atoms with Gasteiger partial charge in [0.1, 0.15) is 4.47 Å². The first kappa shape index (κ1) is 14.5. The number of anilines is 1. The Labute approximate surface area is 122 Å². The Morgan fingerprint density at radius 1 is 1.53 bits per heavy atom. The molecule has 0 radical (unpaired) electrons. The zero-order valence-corrected chi connectivity index (χ0v) is 13.1. The minimum atomic E-state index is -0.0375. The molecule has 1 fully saturated rings. The predicted octanol–water partition coefficient (Wildman–Crippen LogP) is 1.78. The minimum Gasteiger partial charge on any atom is -0.383 e. The summed E-state index contributed by atoms with van der Waals surface area (Å²) in [5.41, 5.74) is 0.750. The summed E-state index contributed by atoms with van der Waals surface area (Å²) in [4.78, 5) is 14.2. The van der Waals surface area contributed by atoms with Crippen molar-refractivity contribution in [2.45, 2.75) is 25.8 Å². The Hall–Kier alpha value is -0.880. The van der Waals surface area contributed by atoms with E-state index in [1.807, 2.05) is 0 Å². The highest BCUT2D eigenvalue weighted by Gasteiger charge is 2.23. The number of rotatable bonds is 7. The van der Waals surface area contributed by atoms with E-state index in [-0.39, 0.29) is 5.56 Å². The molecule has 0 spiro atoms. The van der Waals surface area contributed by atoms with Crippen molar-refractivity contribution in [3.05, 3.63) is 21.0 Å². The van der Waals surface area contributed by atoms with Gasteiger partial charge >= 0.3 is 0 Å². The third-order valence-corrected chi connectivity index (χ3v) is 3.98. The van der Waals surface area contributed by atoms with Gasteiger partial charge in [-0.05, 0) is 61.8 Å². The Balaban J connectivity index is 1.93. The molecule has 1 heterocycles. The third-order valence-electron chi connectivity index (χ3n) is 3.21. The number of nitrogens with one attached hydrogen (secondary N) is 1. The highest BCUT2D eigenvalue weighted by atomic mass is 79.9. The summed E-state index contributed by atoms with van der Waals surface area (Å²) in [7, 11) is 4.10. The van der Waals surface area contributed by atoms with Crippen molar-refractivity contribution >= 4 is 21.6 Å². The molecule has 1 aliphatic rings. The molecule has 0 amide bonds. The van der Waals surface area contributed by atoms with Gasteiger partial charge in [0.25, 0.3) is 5.56 Å². The van der Waals surface area contributed by atoms with Crippen LogP contribution in [0.15, 0.2) is 15.5 Å². The molecule has 0 aromatic carbocycles. The van der Waals surface area contributed by atoms with Gasteiger partial charge in [0.05, 0.1) is 11.9 Å². The molecule has 19 heavy (non-hydrogen) atoms. The molecule has 0 unspecified atom stereocenters. The van der Waals surface area contributed by atoms with Gasteiger partial charge in [-0.15, -0.1) is 0 Å². The van der Waals surface area contributed by atoms with E-state index in [0.29, 0.717) is 10.4 Å². The standard InChI is InChI=1S/C13H21BrN4O/c1-17(2)7-3-6-15-11-8-16-18(9-10-4-5-10)13(19)12(11)14/h8,10,15H,3-7,9H2,1-2H3. The molecule has 0 saturated heterocycles. The Morgan fingerprint density at radius 2 is 2.26 bits per heavy atom. The number of hydrogen-bond donors (Lipinski definition) is 1. The Bertz CT molecular complexity index is 482. The molecule has 6 heteroatoms. The van der Waals surface area contributed by atoms with E-state index in [9.17, 15) is 4.79 Å². The van der Waals surface area contributed by atoms with Crippen molar-refractivity contribution in [1.29, 1.82) is 0 Å². The van der Waals surface area contributed by atoms with E-state index in [0.717, 1.165) is 31.7 Å². The summed E-state index contributed by atoms with van der Waals surface area (Å²) >= 11 is 3.38. The van der Waals surface area contributed by atoms with E-state index in [4.69, 9.17) is 0 Å². The van der Waals surface area contributed by atoms with Crippen LogP contribution in [0, 0.1) is 5.92 Å². The largest absolute Gasteiger partial charge is 0.383 e. The predicted molar refractivity (Wildman–Crippen MR) is 80.6 cm³/mol. The third kappa shape index (κ3) is 4.31. The van der Waals surface area contributed by atoms with Crippen molar-refractivity contribution in [3.8, 4) is 0 Å². The first-order chi connectivity index (χ1) is 9.08. The van der Waals surface area contributed by atoms with Crippen molar-refractivity contribution in [2.24, 2.45) is 5.92 Å². The quantitative estimate of drug-likeness (QED) is 0.775. The van der Waals surface area contributed by atoms with Crippen LogP contribution in [-0.4, -0.2) is 41.9 Å². The van der Waals surface area contributed by atoms with Crippen LogP contribution in [0.3, 0.4) is 0 Å². The second-order valence-electron chi connectivity index (χ2n) is 5.39. The normalized spacial score (nSPS) is 14.9. The fraction of sp³-hybridized carbons (Fsp3) is 0.692. The number of nitrogens with zero attached hydrogens (tertiary/aromatic N) is 3. The number of halogens is 1. The summed E-state index contributed by atoms with van der Waals surface area (Å²) in [6, 6.07) is 0. The molecule has 0 atom stereocenters. The van der Waals surface area contributed by atoms with E-state index in [1.54, 1.807) is 10.9 Å². The van der Waals surface area contributed by atoms with E-state index in [2.05, 4.69) is 45.3 Å². The summed E-state index contributed by atoms with van der Waals surface area (Å²) in [5, 5.41) is 7.49. The van der Waals surface area contributed by atoms with Crippen molar-refractivity contribution in [3.63, 3.8) is 0 Å². The van der Waals surface area contributed by atoms with Crippen LogP contribution in [0.2, 0.25) is 0 Å². The maximum absolute atomic E-state index is 12.1. The maximum Gasteiger partial charge on any atom is 0.283 e. The van der Waals surface area contributed by atoms with Crippen molar-refractivity contribution in [1.82, 2.24) is 14.7 Å². The molecule has 5 nitrogen and oxygen atoms in total. The van der Waals surface area contributed by atoms with Gasteiger partial charge in [0.2, 0.25) is 0 Å². The van der Waals surface area contributed by atoms with E-state index in [1.165, 1.54) is 12.8 Å². The lowest BCUT2D eigenvalue weighted by Crippen LogP contribution is -2.25. The average Bonchev–Trinajstić information content (AvgIpc) is 3.17. The van der Waals surface area contributed by atoms with Gasteiger partial charge in [-0.1, -0.05) is 0 Å². The summed E-state index contributed by atoms with van der Waals surface area (Å²) in [5.74, 6) is 0.649. The zero-order chi connectivity index (χ0) is 13.8. The molecule has 1 aromatic heterocycles. The van der Waals surface area contributed by atoms with Gasteiger partial charge in [-0.25, -0.2) is 4.68 Å². The fourth-order valence-corrected chi connectivity index (χ4v) is 2.33. The molecule has 1 N–H and O–H groups in total. The first-order valence-electron chi connectivity index (χ1n) is 6.72. The Morgan fingerprint density at radius 3 is 2.89 bits per heavy atom. The highest BCUT2D eigenvalue weighted by Crippen LogP contribution is 2.30. The SMILES string of the molecule is CN(C)CCCNc1cnn(CC2CC2)c(=O)c1Br. The van der Waals surface area contributed by atoms with Gasteiger partial charge in [-0.2, -0.15) is 5.10 Å². The van der Waals surface area contributed by atoms with Crippen LogP contribution in [0.4, 0.5) is 5.69 Å². The molecular weight excluding hydrogens is 308 g/mol. The van der Waals surface area contributed by atoms with Crippen molar-refractivity contribution < 1.29 is 0 Å². The molecule has 1 saturated carbocycles. The molecule has 1 aromatic rings. The minimum absolute atomic E-state index is 0.0375. The number of aromatic nitrogens is 2. The molecule has 0 aliphatic heterocycles. The average molecular weight is 329 g/mol. The Kier molecular flexibility index (Phi) is 4.99. The van der Waals surface area contributed by atoms with Gasteiger partial charge in [-0.3, -0.25) is 4.79 Å². The first-order valence-corrected chi connectivity index (χ1v) is 7.51. The molecule has 0 bridgehead atoms. The summed E-state index contributed by atoms with van der Waals surface area (Å²) < 4.78 is 2.15. The van der Waals surface area contributed by atoms with Crippen LogP contribution in [0.25, 0.3) is 0 Å². The second-order valence-corrected chi connectivity index (χ2v) is 6.18.